The Morgan fingerprint density at radius 3 is 2.68 bits per heavy atom. The number of nitrogens with zero attached hydrogens (tertiary/aromatic N) is 3. The van der Waals surface area contributed by atoms with Gasteiger partial charge in [0.15, 0.2) is 4.80 Å². The first kappa shape index (κ1) is 26.0. The van der Waals surface area contributed by atoms with E-state index in [0.717, 1.165) is 16.2 Å². The molecule has 0 aliphatic carbocycles. The quantitative estimate of drug-likeness (QED) is 0.143. The highest BCUT2D eigenvalue weighted by atomic mass is 127. The Morgan fingerprint density at radius 2 is 2.03 bits per heavy atom. The lowest BCUT2D eigenvalue weighted by Gasteiger charge is -2.24. The van der Waals surface area contributed by atoms with Gasteiger partial charge in [0, 0.05) is 16.5 Å². The van der Waals surface area contributed by atoms with Crippen LogP contribution < -0.4 is 14.9 Å². The molecule has 0 bridgehead atoms. The van der Waals surface area contributed by atoms with Gasteiger partial charge in [-0.25, -0.2) is 9.79 Å². The van der Waals surface area contributed by atoms with Crippen LogP contribution in [0.25, 0.3) is 11.8 Å². The Balaban J connectivity index is 1.80. The highest BCUT2D eigenvalue weighted by Crippen LogP contribution is 2.37. The maximum atomic E-state index is 13.8. The Bertz CT molecular complexity index is 1780. The number of phenols is 1. The molecule has 2 aromatic heterocycles. The Hall–Kier alpha value is -3.62. The summed E-state index contributed by atoms with van der Waals surface area (Å²) >= 11 is 4.33. The summed E-state index contributed by atoms with van der Waals surface area (Å²) in [6.45, 7) is 1.87. The SMILES string of the molecule is CCOC(=O)C1=C(c2ccccc2)N=c2s/c(=C\c3cc(I)c(O)c([N+](=O)[O-])c3)c(=O)n2[C@H]1c1cccs1. The molecule has 0 fully saturated rings. The van der Waals surface area contributed by atoms with Crippen molar-refractivity contribution in [3.63, 3.8) is 0 Å². The molecule has 3 heterocycles. The molecule has 1 aliphatic heterocycles. The molecule has 192 valence electrons. The first-order chi connectivity index (χ1) is 18.3. The highest BCUT2D eigenvalue weighted by molar-refractivity contribution is 14.1. The third-order valence-corrected chi connectivity index (χ3v) is 8.48. The summed E-state index contributed by atoms with van der Waals surface area (Å²) in [5.74, 6) is -0.995. The zero-order valence-corrected chi connectivity index (χ0v) is 23.5. The van der Waals surface area contributed by atoms with Crippen molar-refractivity contribution in [2.45, 2.75) is 13.0 Å². The average Bonchev–Trinajstić information content (AvgIpc) is 3.54. The van der Waals surface area contributed by atoms with Crippen molar-refractivity contribution in [3.8, 4) is 5.75 Å². The van der Waals surface area contributed by atoms with Gasteiger partial charge in [-0.15, -0.1) is 11.3 Å². The van der Waals surface area contributed by atoms with Gasteiger partial charge in [-0.05, 0) is 58.7 Å². The number of esters is 1. The zero-order valence-electron chi connectivity index (χ0n) is 19.7. The van der Waals surface area contributed by atoms with Gasteiger partial charge in [-0.2, -0.15) is 0 Å². The number of thiophene rings is 1. The molecule has 0 saturated heterocycles. The lowest BCUT2D eigenvalue weighted by atomic mass is 9.97. The lowest BCUT2D eigenvalue weighted by molar-refractivity contribution is -0.386. The van der Waals surface area contributed by atoms with Crippen LogP contribution in [0.5, 0.6) is 5.75 Å². The van der Waals surface area contributed by atoms with E-state index in [9.17, 15) is 24.8 Å². The van der Waals surface area contributed by atoms with Crippen molar-refractivity contribution in [2.75, 3.05) is 6.61 Å². The van der Waals surface area contributed by atoms with E-state index in [1.807, 2.05) is 47.8 Å². The van der Waals surface area contributed by atoms with Crippen LogP contribution in [-0.2, 0) is 9.53 Å². The Labute approximate surface area is 237 Å². The fourth-order valence-corrected chi connectivity index (χ4v) is 6.60. The van der Waals surface area contributed by atoms with E-state index < -0.39 is 33.9 Å². The number of aromatic nitrogens is 1. The number of rotatable bonds is 6. The molecule has 0 spiro atoms. The van der Waals surface area contributed by atoms with E-state index in [1.165, 1.54) is 28.0 Å². The highest BCUT2D eigenvalue weighted by Gasteiger charge is 2.35. The van der Waals surface area contributed by atoms with Crippen LogP contribution in [0.3, 0.4) is 0 Å². The van der Waals surface area contributed by atoms with Crippen LogP contribution in [0.2, 0.25) is 0 Å². The Morgan fingerprint density at radius 1 is 1.26 bits per heavy atom. The van der Waals surface area contributed by atoms with Gasteiger partial charge in [0.1, 0.15) is 6.04 Å². The van der Waals surface area contributed by atoms with Crippen molar-refractivity contribution in [1.82, 2.24) is 4.57 Å². The summed E-state index contributed by atoms with van der Waals surface area (Å²) in [6, 6.07) is 14.9. The second kappa shape index (κ2) is 10.6. The molecule has 0 unspecified atom stereocenters. The number of nitro groups is 1. The monoisotopic (exact) mass is 659 g/mol. The summed E-state index contributed by atoms with van der Waals surface area (Å²) in [5.41, 5.74) is 0.915. The van der Waals surface area contributed by atoms with Crippen molar-refractivity contribution in [1.29, 1.82) is 0 Å². The first-order valence-electron chi connectivity index (χ1n) is 11.3. The van der Waals surface area contributed by atoms with Gasteiger partial charge in [0.25, 0.3) is 5.56 Å². The minimum absolute atomic E-state index is 0.157. The number of hydrogen-bond acceptors (Lipinski definition) is 9. The first-order valence-corrected chi connectivity index (χ1v) is 14.1. The molecular weight excluding hydrogens is 641 g/mol. The number of aromatic hydroxyl groups is 1. The Kier molecular flexibility index (Phi) is 7.27. The summed E-state index contributed by atoms with van der Waals surface area (Å²) in [7, 11) is 0. The fraction of sp³-hybridized carbons (Fsp3) is 0.115. The number of benzene rings is 2. The predicted octanol–water partition coefficient (Wildman–Crippen LogP) is 4.22. The third kappa shape index (κ3) is 4.70. The van der Waals surface area contributed by atoms with Crippen LogP contribution in [0.15, 0.2) is 75.3 Å². The number of phenolic OH excluding ortho intramolecular Hbond substituents is 1. The van der Waals surface area contributed by atoms with Crippen molar-refractivity contribution in [3.05, 3.63) is 115 Å². The van der Waals surface area contributed by atoms with Crippen LogP contribution in [0, 0.1) is 13.7 Å². The van der Waals surface area contributed by atoms with E-state index in [1.54, 1.807) is 35.6 Å². The molecule has 0 saturated carbocycles. The number of carbonyl (C=O) groups excluding carboxylic acids is 1. The van der Waals surface area contributed by atoms with E-state index in [0.29, 0.717) is 21.6 Å². The minimum Gasteiger partial charge on any atom is -0.501 e. The summed E-state index contributed by atoms with van der Waals surface area (Å²) in [6.07, 6.45) is 1.53. The van der Waals surface area contributed by atoms with Crippen molar-refractivity contribution >= 4 is 68.7 Å². The van der Waals surface area contributed by atoms with Gasteiger partial charge in [-0.3, -0.25) is 19.5 Å². The number of nitro benzene ring substituents is 1. The van der Waals surface area contributed by atoms with Gasteiger partial charge in [0.05, 0.1) is 30.9 Å². The van der Waals surface area contributed by atoms with Crippen LogP contribution in [0.1, 0.15) is 29.0 Å². The summed E-state index contributed by atoms with van der Waals surface area (Å²) < 4.78 is 7.45. The molecule has 1 atom stereocenters. The fourth-order valence-electron chi connectivity index (χ4n) is 4.14. The average molecular weight is 659 g/mol. The van der Waals surface area contributed by atoms with Gasteiger partial charge in [-0.1, -0.05) is 47.7 Å². The van der Waals surface area contributed by atoms with Gasteiger partial charge < -0.3 is 9.84 Å². The number of carbonyl (C=O) groups is 1. The molecule has 1 aliphatic rings. The van der Waals surface area contributed by atoms with E-state index in [-0.39, 0.29) is 20.3 Å². The third-order valence-electron chi connectivity index (χ3n) is 5.75. The second-order valence-corrected chi connectivity index (χ2v) is 11.2. The van der Waals surface area contributed by atoms with Gasteiger partial charge >= 0.3 is 11.7 Å². The number of ether oxygens (including phenoxy) is 1. The number of fused-ring (bicyclic) bond motifs is 1. The van der Waals surface area contributed by atoms with Crippen molar-refractivity contribution in [2.24, 2.45) is 4.99 Å². The van der Waals surface area contributed by atoms with Crippen LogP contribution in [-0.4, -0.2) is 27.2 Å². The summed E-state index contributed by atoms with van der Waals surface area (Å²) in [4.78, 5) is 43.8. The largest absolute Gasteiger partial charge is 0.501 e. The van der Waals surface area contributed by atoms with Crippen LogP contribution >= 0.6 is 45.3 Å². The smallest absolute Gasteiger partial charge is 0.338 e. The molecule has 9 nitrogen and oxygen atoms in total. The molecule has 5 rings (SSSR count). The standard InChI is InChI=1S/C26H18IN3O6S2/c1-2-36-25(33)20-21(15-7-4-3-5-8-15)28-26-29(22(20)18-9-6-10-37-18)24(32)19(38-26)13-14-11-16(27)23(31)17(12-14)30(34)35/h3-13,22,31H,2H2,1H3/b19-13-/t22-/m0/s1. The van der Waals surface area contributed by atoms with Crippen molar-refractivity contribution < 1.29 is 19.6 Å². The molecule has 12 heteroatoms. The number of halogens is 1. The molecular formula is C26H18IN3O6S2. The van der Waals surface area contributed by atoms with E-state index in [4.69, 9.17) is 9.73 Å². The number of hydrogen-bond donors (Lipinski definition) is 1. The van der Waals surface area contributed by atoms with Gasteiger partial charge in [0.2, 0.25) is 5.75 Å². The normalized spacial score (nSPS) is 15.2. The molecule has 1 N–H and O–H groups in total. The topological polar surface area (TPSA) is 124 Å². The summed E-state index contributed by atoms with van der Waals surface area (Å²) in [5, 5.41) is 23.3. The predicted molar refractivity (Wildman–Crippen MR) is 153 cm³/mol. The zero-order chi connectivity index (χ0) is 27.0. The molecule has 4 aromatic rings. The van der Waals surface area contributed by atoms with E-state index >= 15 is 0 Å². The van der Waals surface area contributed by atoms with E-state index in [2.05, 4.69) is 0 Å². The molecule has 38 heavy (non-hydrogen) atoms. The van der Waals surface area contributed by atoms with Crippen LogP contribution in [0.4, 0.5) is 5.69 Å². The second-order valence-electron chi connectivity index (χ2n) is 8.07. The molecule has 2 aromatic carbocycles. The minimum atomic E-state index is -0.767. The molecule has 0 radical (unpaired) electrons. The maximum Gasteiger partial charge on any atom is 0.338 e. The maximum absolute atomic E-state index is 13.8. The lowest BCUT2D eigenvalue weighted by Crippen LogP contribution is -2.39. The number of thiazole rings is 1. The molecule has 0 amide bonds.